The summed E-state index contributed by atoms with van der Waals surface area (Å²) in [6.45, 7) is 0. The van der Waals surface area contributed by atoms with Crippen molar-refractivity contribution in [3.8, 4) is 0 Å². The molecule has 106 valence electrons. The number of imide groups is 1. The fourth-order valence-corrected chi connectivity index (χ4v) is 2.71. The van der Waals surface area contributed by atoms with Crippen molar-refractivity contribution in [1.82, 2.24) is 10.6 Å². The number of amides is 3. The summed E-state index contributed by atoms with van der Waals surface area (Å²) in [5.41, 5.74) is -0.0541. The van der Waals surface area contributed by atoms with E-state index < -0.39 is 17.5 Å². The van der Waals surface area contributed by atoms with Gasteiger partial charge in [-0.1, -0.05) is 42.5 Å². The molecule has 1 unspecified atom stereocenters. The molecule has 0 aromatic heterocycles. The highest BCUT2D eigenvalue weighted by Gasteiger charge is 2.49. The van der Waals surface area contributed by atoms with E-state index in [1.807, 2.05) is 6.07 Å². The Bertz CT molecular complexity index is 691. The minimum absolute atomic E-state index is 0.128. The van der Waals surface area contributed by atoms with Gasteiger partial charge in [-0.15, -0.1) is 0 Å². The summed E-state index contributed by atoms with van der Waals surface area (Å²) in [5.74, 6) is -0.445. The summed E-state index contributed by atoms with van der Waals surface area (Å²) in [6, 6.07) is 14.8. The number of hydrogen-bond donors (Lipinski definition) is 2. The molecule has 0 spiro atoms. The van der Waals surface area contributed by atoms with E-state index in [2.05, 4.69) is 10.6 Å². The summed E-state index contributed by atoms with van der Waals surface area (Å²) < 4.78 is 12.6. The first-order chi connectivity index (χ1) is 10.2. The number of urea groups is 1. The van der Waals surface area contributed by atoms with E-state index in [0.29, 0.717) is 16.0 Å². The minimum Gasteiger partial charge on any atom is -0.316 e. The van der Waals surface area contributed by atoms with Crippen molar-refractivity contribution in [3.63, 3.8) is 0 Å². The van der Waals surface area contributed by atoms with Crippen LogP contribution in [0.3, 0.4) is 0 Å². The summed E-state index contributed by atoms with van der Waals surface area (Å²) in [4.78, 5) is 24.5. The second-order valence-electron chi connectivity index (χ2n) is 4.63. The van der Waals surface area contributed by atoms with E-state index in [9.17, 15) is 13.5 Å². The Morgan fingerprint density at radius 2 is 1.52 bits per heavy atom. The van der Waals surface area contributed by atoms with Crippen LogP contribution >= 0.6 is 12.1 Å². The standard InChI is InChI=1S/C15H11FN2O2S/c16-21-12-8-6-11(7-9-12)15(10-4-2-1-3-5-10)13(19)17-14(20)18-15/h1-9H,(H2,17,18,19,20). The second-order valence-corrected chi connectivity index (χ2v) is 5.25. The zero-order valence-electron chi connectivity index (χ0n) is 10.8. The Kier molecular flexibility index (Phi) is 3.39. The molecule has 1 atom stereocenters. The maximum absolute atomic E-state index is 12.6. The van der Waals surface area contributed by atoms with Crippen LogP contribution in [0.1, 0.15) is 11.1 Å². The van der Waals surface area contributed by atoms with Gasteiger partial charge in [0.05, 0.1) is 12.1 Å². The van der Waals surface area contributed by atoms with Crippen molar-refractivity contribution in [2.45, 2.75) is 10.4 Å². The monoisotopic (exact) mass is 302 g/mol. The summed E-state index contributed by atoms with van der Waals surface area (Å²) in [5, 5.41) is 4.95. The average Bonchev–Trinajstić information content (AvgIpc) is 2.84. The second kappa shape index (κ2) is 5.21. The first-order valence-corrected chi connectivity index (χ1v) is 6.97. The highest BCUT2D eigenvalue weighted by Crippen LogP contribution is 2.33. The molecule has 1 fully saturated rings. The molecule has 0 aliphatic carbocycles. The van der Waals surface area contributed by atoms with E-state index in [1.165, 1.54) is 0 Å². The van der Waals surface area contributed by atoms with Gasteiger partial charge in [0.15, 0.2) is 5.54 Å². The number of benzene rings is 2. The van der Waals surface area contributed by atoms with Gasteiger partial charge in [0.2, 0.25) is 0 Å². The number of halogens is 1. The van der Waals surface area contributed by atoms with E-state index in [1.54, 1.807) is 48.5 Å². The molecule has 1 saturated heterocycles. The van der Waals surface area contributed by atoms with E-state index in [0.717, 1.165) is 0 Å². The largest absolute Gasteiger partial charge is 0.322 e. The predicted octanol–water partition coefficient (Wildman–Crippen LogP) is 2.75. The third-order valence-electron chi connectivity index (χ3n) is 3.45. The van der Waals surface area contributed by atoms with Crippen LogP contribution in [-0.4, -0.2) is 11.9 Å². The van der Waals surface area contributed by atoms with Crippen molar-refractivity contribution in [3.05, 3.63) is 65.7 Å². The number of nitrogens with one attached hydrogen (secondary N) is 2. The molecule has 0 bridgehead atoms. The first kappa shape index (κ1) is 13.6. The van der Waals surface area contributed by atoms with E-state index in [4.69, 9.17) is 0 Å². The normalized spacial score (nSPS) is 21.0. The molecule has 1 aliphatic heterocycles. The van der Waals surface area contributed by atoms with E-state index >= 15 is 0 Å². The average molecular weight is 302 g/mol. The highest BCUT2D eigenvalue weighted by molar-refractivity contribution is 7.94. The van der Waals surface area contributed by atoms with Crippen LogP contribution in [-0.2, 0) is 10.3 Å². The molecular formula is C15H11FN2O2S. The lowest BCUT2D eigenvalue weighted by molar-refractivity contribution is -0.122. The summed E-state index contributed by atoms with van der Waals surface area (Å²) >= 11 is 0.128. The number of rotatable bonds is 3. The molecule has 21 heavy (non-hydrogen) atoms. The third kappa shape index (κ3) is 2.17. The number of carbonyl (C=O) groups excluding carboxylic acids is 2. The maximum Gasteiger partial charge on any atom is 0.322 e. The Labute approximate surface area is 125 Å². The van der Waals surface area contributed by atoms with Crippen LogP contribution in [0.4, 0.5) is 8.68 Å². The molecule has 3 amide bonds. The first-order valence-electron chi connectivity index (χ1n) is 6.25. The molecule has 4 nitrogen and oxygen atoms in total. The van der Waals surface area contributed by atoms with Gasteiger partial charge < -0.3 is 5.32 Å². The molecule has 1 aliphatic rings. The van der Waals surface area contributed by atoms with Crippen LogP contribution in [0.15, 0.2) is 59.5 Å². The molecule has 0 radical (unpaired) electrons. The van der Waals surface area contributed by atoms with Gasteiger partial charge in [-0.25, -0.2) is 4.79 Å². The van der Waals surface area contributed by atoms with Crippen LogP contribution in [0, 0.1) is 0 Å². The summed E-state index contributed by atoms with van der Waals surface area (Å²) in [6.07, 6.45) is 0. The minimum atomic E-state index is -1.28. The lowest BCUT2D eigenvalue weighted by atomic mass is 9.83. The summed E-state index contributed by atoms with van der Waals surface area (Å²) in [7, 11) is 0. The van der Waals surface area contributed by atoms with Gasteiger partial charge in [0.25, 0.3) is 5.91 Å². The smallest absolute Gasteiger partial charge is 0.316 e. The number of carbonyl (C=O) groups is 2. The van der Waals surface area contributed by atoms with Crippen LogP contribution < -0.4 is 10.6 Å². The van der Waals surface area contributed by atoms with Crippen LogP contribution in [0.2, 0.25) is 0 Å². The van der Waals surface area contributed by atoms with Crippen LogP contribution in [0.25, 0.3) is 0 Å². The topological polar surface area (TPSA) is 58.2 Å². The molecular weight excluding hydrogens is 291 g/mol. The van der Waals surface area contributed by atoms with Crippen molar-refractivity contribution < 1.29 is 13.5 Å². The molecule has 2 aromatic carbocycles. The Morgan fingerprint density at radius 3 is 2.05 bits per heavy atom. The van der Waals surface area contributed by atoms with Crippen LogP contribution in [0.5, 0.6) is 0 Å². The fraction of sp³-hybridized carbons (Fsp3) is 0.0667. The quantitative estimate of drug-likeness (QED) is 0.857. The van der Waals surface area contributed by atoms with Crippen molar-refractivity contribution in [2.75, 3.05) is 0 Å². The van der Waals surface area contributed by atoms with Gasteiger partial charge >= 0.3 is 6.03 Å². The van der Waals surface area contributed by atoms with Gasteiger partial charge in [-0.2, -0.15) is 3.89 Å². The molecule has 2 aromatic rings. The number of hydrogen-bond acceptors (Lipinski definition) is 3. The predicted molar refractivity (Wildman–Crippen MR) is 77.3 cm³/mol. The Hall–Kier alpha value is -2.34. The fourth-order valence-electron chi connectivity index (χ4n) is 2.47. The highest BCUT2D eigenvalue weighted by atomic mass is 32.2. The van der Waals surface area contributed by atoms with E-state index in [-0.39, 0.29) is 12.1 Å². The van der Waals surface area contributed by atoms with Gasteiger partial charge in [-0.05, 0) is 23.3 Å². The van der Waals surface area contributed by atoms with Gasteiger partial charge in [0, 0.05) is 4.90 Å². The molecule has 2 N–H and O–H groups in total. The lowest BCUT2D eigenvalue weighted by Gasteiger charge is -2.27. The molecule has 1 heterocycles. The molecule has 6 heteroatoms. The SMILES string of the molecule is O=C1NC(=O)C(c2ccccc2)(c2ccc(SF)cc2)N1. The zero-order chi connectivity index (χ0) is 14.9. The molecule has 0 saturated carbocycles. The maximum atomic E-state index is 12.6. The zero-order valence-corrected chi connectivity index (χ0v) is 11.6. The lowest BCUT2D eigenvalue weighted by Crippen LogP contribution is -2.44. The van der Waals surface area contributed by atoms with Gasteiger partial charge in [-0.3, -0.25) is 10.1 Å². The Morgan fingerprint density at radius 1 is 0.905 bits per heavy atom. The van der Waals surface area contributed by atoms with Crippen molar-refractivity contribution >= 4 is 24.1 Å². The van der Waals surface area contributed by atoms with Gasteiger partial charge in [0.1, 0.15) is 0 Å². The Balaban J connectivity index is 2.17. The third-order valence-corrected chi connectivity index (χ3v) is 3.90. The molecule has 3 rings (SSSR count). The van der Waals surface area contributed by atoms with Crippen molar-refractivity contribution in [1.29, 1.82) is 0 Å². The van der Waals surface area contributed by atoms with Crippen molar-refractivity contribution in [2.24, 2.45) is 0 Å².